The predicted octanol–water partition coefficient (Wildman–Crippen LogP) is 4.74. The van der Waals surface area contributed by atoms with E-state index >= 15 is 0 Å². The van der Waals surface area contributed by atoms with E-state index in [4.69, 9.17) is 33.3 Å². The van der Waals surface area contributed by atoms with Gasteiger partial charge >= 0.3 is 5.97 Å². The summed E-state index contributed by atoms with van der Waals surface area (Å²) < 4.78 is 10.8. The fraction of sp³-hybridized carbons (Fsp3) is 0.381. The molecule has 1 heterocycles. The Kier molecular flexibility index (Phi) is 8.07. The molecule has 2 aromatic rings. The molecule has 6 nitrogen and oxygen atoms in total. The van der Waals surface area contributed by atoms with Crippen molar-refractivity contribution < 1.29 is 19.1 Å². The van der Waals surface area contributed by atoms with Gasteiger partial charge in [0.05, 0.1) is 18.8 Å². The first-order chi connectivity index (χ1) is 14.5. The Morgan fingerprint density at radius 1 is 1.23 bits per heavy atom. The van der Waals surface area contributed by atoms with E-state index in [1.54, 1.807) is 31.2 Å². The molecular formula is C21H23ClN2O4S2. The molecule has 0 radical (unpaired) electrons. The number of thiophene rings is 1. The normalized spacial score (nSPS) is 12.2. The lowest BCUT2D eigenvalue weighted by atomic mass is 10.1. The van der Waals surface area contributed by atoms with Crippen LogP contribution >= 0.6 is 35.2 Å². The number of rotatable bonds is 8. The van der Waals surface area contributed by atoms with E-state index in [2.05, 4.69) is 10.6 Å². The van der Waals surface area contributed by atoms with Gasteiger partial charge in [0.2, 0.25) is 5.91 Å². The minimum Gasteiger partial charge on any atom is -0.494 e. The van der Waals surface area contributed by atoms with Crippen LogP contribution in [0.3, 0.4) is 0 Å². The molecule has 3 rings (SSSR count). The lowest BCUT2D eigenvalue weighted by Crippen LogP contribution is -2.34. The summed E-state index contributed by atoms with van der Waals surface area (Å²) in [4.78, 5) is 25.7. The molecule has 0 unspecified atom stereocenters. The summed E-state index contributed by atoms with van der Waals surface area (Å²) >= 11 is 12.6. The number of hydrogen-bond acceptors (Lipinski definition) is 6. The predicted molar refractivity (Wildman–Crippen MR) is 123 cm³/mol. The van der Waals surface area contributed by atoms with Gasteiger partial charge in [-0.05, 0) is 74.7 Å². The minimum absolute atomic E-state index is 0.170. The largest absolute Gasteiger partial charge is 0.494 e. The van der Waals surface area contributed by atoms with Gasteiger partial charge < -0.3 is 20.1 Å². The average molecular weight is 467 g/mol. The van der Waals surface area contributed by atoms with Crippen LogP contribution in [0.15, 0.2) is 24.3 Å². The SMILES string of the molecule is CCOC(=O)c1c(NC(=S)NC(=O)CCCOc2ccc(Cl)cc2)sc2c1CCC2. The Morgan fingerprint density at radius 2 is 2.00 bits per heavy atom. The minimum atomic E-state index is -0.354. The number of aryl methyl sites for hydroxylation is 1. The summed E-state index contributed by atoms with van der Waals surface area (Å²) in [7, 11) is 0. The van der Waals surface area contributed by atoms with Crippen LogP contribution in [0.5, 0.6) is 5.75 Å². The van der Waals surface area contributed by atoms with E-state index in [0.29, 0.717) is 41.0 Å². The first kappa shape index (κ1) is 22.5. The van der Waals surface area contributed by atoms with E-state index in [-0.39, 0.29) is 23.4 Å². The molecule has 0 aliphatic heterocycles. The average Bonchev–Trinajstić information content (AvgIpc) is 3.27. The van der Waals surface area contributed by atoms with Gasteiger partial charge in [0.15, 0.2) is 5.11 Å². The van der Waals surface area contributed by atoms with Gasteiger partial charge in [0.25, 0.3) is 0 Å². The first-order valence-corrected chi connectivity index (χ1v) is 11.4. The Labute approximate surface area is 189 Å². The fourth-order valence-corrected chi connectivity index (χ4v) is 4.88. The number of anilines is 1. The van der Waals surface area contributed by atoms with Crippen molar-refractivity contribution in [2.45, 2.75) is 39.0 Å². The number of thiocarbonyl (C=S) groups is 1. The van der Waals surface area contributed by atoms with Crippen molar-refractivity contribution in [2.24, 2.45) is 0 Å². The van der Waals surface area contributed by atoms with Crippen LogP contribution in [0.25, 0.3) is 0 Å². The van der Waals surface area contributed by atoms with Crippen LogP contribution in [-0.4, -0.2) is 30.2 Å². The van der Waals surface area contributed by atoms with E-state index in [9.17, 15) is 9.59 Å². The van der Waals surface area contributed by atoms with Crippen molar-refractivity contribution in [1.82, 2.24) is 5.32 Å². The zero-order valence-corrected chi connectivity index (χ0v) is 19.0. The number of hydrogen-bond donors (Lipinski definition) is 2. The van der Waals surface area contributed by atoms with Gasteiger partial charge in [0.1, 0.15) is 10.8 Å². The number of halogens is 1. The van der Waals surface area contributed by atoms with Gasteiger partial charge in [0, 0.05) is 16.3 Å². The van der Waals surface area contributed by atoms with Gasteiger partial charge in [-0.3, -0.25) is 4.79 Å². The van der Waals surface area contributed by atoms with Gasteiger partial charge in [-0.25, -0.2) is 4.79 Å². The van der Waals surface area contributed by atoms with Crippen LogP contribution in [0.1, 0.15) is 47.0 Å². The van der Waals surface area contributed by atoms with Gasteiger partial charge in [-0.2, -0.15) is 0 Å². The Morgan fingerprint density at radius 3 is 2.73 bits per heavy atom. The van der Waals surface area contributed by atoms with Crippen molar-refractivity contribution in [2.75, 3.05) is 18.5 Å². The number of amides is 1. The summed E-state index contributed by atoms with van der Waals surface area (Å²) in [6.07, 6.45) is 3.64. The molecule has 1 amide bonds. The molecule has 1 aromatic carbocycles. The number of carbonyl (C=O) groups is 2. The molecule has 1 aliphatic rings. The van der Waals surface area contributed by atoms with E-state index < -0.39 is 0 Å². The summed E-state index contributed by atoms with van der Waals surface area (Å²) in [5.41, 5.74) is 1.58. The smallest absolute Gasteiger partial charge is 0.341 e. The molecule has 30 heavy (non-hydrogen) atoms. The highest BCUT2D eigenvalue weighted by molar-refractivity contribution is 7.80. The third-order valence-electron chi connectivity index (χ3n) is 4.51. The quantitative estimate of drug-likeness (QED) is 0.332. The molecule has 0 saturated heterocycles. The number of carbonyl (C=O) groups excluding carboxylic acids is 2. The van der Waals surface area contributed by atoms with Crippen molar-refractivity contribution >= 4 is 57.1 Å². The van der Waals surface area contributed by atoms with Crippen LogP contribution in [0.2, 0.25) is 5.02 Å². The molecule has 0 saturated carbocycles. The van der Waals surface area contributed by atoms with Crippen LogP contribution in [0, 0.1) is 0 Å². The highest BCUT2D eigenvalue weighted by Gasteiger charge is 2.28. The number of benzene rings is 1. The topological polar surface area (TPSA) is 76.7 Å². The molecule has 0 spiro atoms. The van der Waals surface area contributed by atoms with Crippen molar-refractivity contribution in [3.05, 3.63) is 45.3 Å². The molecule has 9 heteroatoms. The molecule has 0 bridgehead atoms. The van der Waals surface area contributed by atoms with E-state index in [1.807, 2.05) is 0 Å². The number of fused-ring (bicyclic) bond motifs is 1. The second-order valence-corrected chi connectivity index (χ2v) is 8.64. The molecule has 0 atom stereocenters. The summed E-state index contributed by atoms with van der Waals surface area (Å²) in [5.74, 6) is 0.135. The number of esters is 1. The first-order valence-electron chi connectivity index (χ1n) is 9.78. The second kappa shape index (κ2) is 10.7. The zero-order valence-electron chi connectivity index (χ0n) is 16.6. The third kappa shape index (κ3) is 5.93. The van der Waals surface area contributed by atoms with Crippen LogP contribution in [-0.2, 0) is 22.4 Å². The Balaban J connectivity index is 1.47. The highest BCUT2D eigenvalue weighted by Crippen LogP contribution is 2.39. The fourth-order valence-electron chi connectivity index (χ4n) is 3.19. The molecular weight excluding hydrogens is 444 g/mol. The molecule has 1 aliphatic carbocycles. The van der Waals surface area contributed by atoms with Gasteiger partial charge in [-0.15, -0.1) is 11.3 Å². The molecule has 160 valence electrons. The van der Waals surface area contributed by atoms with Crippen molar-refractivity contribution in [3.8, 4) is 5.75 Å². The maximum atomic E-state index is 12.4. The Hall–Kier alpha value is -2.16. The monoisotopic (exact) mass is 466 g/mol. The third-order valence-corrected chi connectivity index (χ3v) is 6.17. The summed E-state index contributed by atoms with van der Waals surface area (Å²) in [6, 6.07) is 7.05. The maximum Gasteiger partial charge on any atom is 0.341 e. The van der Waals surface area contributed by atoms with E-state index in [0.717, 1.165) is 24.8 Å². The van der Waals surface area contributed by atoms with Crippen LogP contribution < -0.4 is 15.4 Å². The lowest BCUT2D eigenvalue weighted by Gasteiger charge is -2.11. The summed E-state index contributed by atoms with van der Waals surface area (Å²) in [6.45, 7) is 2.49. The number of nitrogens with one attached hydrogen (secondary N) is 2. The molecule has 2 N–H and O–H groups in total. The van der Waals surface area contributed by atoms with E-state index in [1.165, 1.54) is 16.2 Å². The van der Waals surface area contributed by atoms with Crippen molar-refractivity contribution in [1.29, 1.82) is 0 Å². The molecule has 0 fully saturated rings. The number of ether oxygens (including phenoxy) is 2. The van der Waals surface area contributed by atoms with Gasteiger partial charge in [-0.1, -0.05) is 11.6 Å². The molecule has 1 aromatic heterocycles. The van der Waals surface area contributed by atoms with Crippen LogP contribution in [0.4, 0.5) is 5.00 Å². The summed E-state index contributed by atoms with van der Waals surface area (Å²) in [5, 5.41) is 7.11. The zero-order chi connectivity index (χ0) is 21.5. The lowest BCUT2D eigenvalue weighted by molar-refractivity contribution is -0.119. The second-order valence-electron chi connectivity index (χ2n) is 6.69. The maximum absolute atomic E-state index is 12.4. The highest BCUT2D eigenvalue weighted by atomic mass is 35.5. The van der Waals surface area contributed by atoms with Crippen molar-refractivity contribution in [3.63, 3.8) is 0 Å². The Bertz CT molecular complexity index is 928. The standard InChI is InChI=1S/C21H23ClN2O4S2/c1-2-27-20(26)18-15-5-3-6-16(15)30-19(18)24-21(29)23-17(25)7-4-12-28-14-10-8-13(22)9-11-14/h8-11H,2-7,12H2,1H3,(H2,23,24,25,29).